The summed E-state index contributed by atoms with van der Waals surface area (Å²) in [5.74, 6) is -0.589. The van der Waals surface area contributed by atoms with Crippen LogP contribution in [0.15, 0.2) is 59.5 Å². The van der Waals surface area contributed by atoms with Gasteiger partial charge in [-0.05, 0) is 48.5 Å². The van der Waals surface area contributed by atoms with E-state index in [1.54, 1.807) is 12.1 Å². The summed E-state index contributed by atoms with van der Waals surface area (Å²) < 4.78 is 36.0. The molecule has 0 atom stereocenters. The normalized spacial score (nSPS) is 11.2. The van der Waals surface area contributed by atoms with E-state index in [1.165, 1.54) is 43.5 Å². The second-order valence-electron chi connectivity index (χ2n) is 5.33. The zero-order valence-corrected chi connectivity index (χ0v) is 15.6. The molecule has 2 N–H and O–H groups in total. The molecular weight excluding hydrogens is 394 g/mol. The molecule has 0 aliphatic carbocycles. The van der Waals surface area contributed by atoms with Gasteiger partial charge in [0.15, 0.2) is 0 Å². The number of benzene rings is 2. The van der Waals surface area contributed by atoms with Crippen LogP contribution in [0.2, 0.25) is 5.02 Å². The number of nitrogens with zero attached hydrogens (tertiary/aromatic N) is 2. The van der Waals surface area contributed by atoms with E-state index in [4.69, 9.17) is 26.8 Å². The number of methoxy groups -OCH3 is 1. The van der Waals surface area contributed by atoms with Gasteiger partial charge in [0.05, 0.1) is 17.6 Å². The van der Waals surface area contributed by atoms with E-state index in [9.17, 15) is 13.2 Å². The molecule has 0 saturated carbocycles. The zero-order valence-electron chi connectivity index (χ0n) is 14.0. The van der Waals surface area contributed by atoms with Gasteiger partial charge in [0.2, 0.25) is 5.88 Å². The van der Waals surface area contributed by atoms with Crippen LogP contribution >= 0.6 is 11.6 Å². The van der Waals surface area contributed by atoms with Gasteiger partial charge in [-0.3, -0.25) is 0 Å². The van der Waals surface area contributed by atoms with Crippen molar-refractivity contribution in [1.82, 2.24) is 9.19 Å². The van der Waals surface area contributed by atoms with Gasteiger partial charge in [0.1, 0.15) is 11.6 Å². The number of carbonyl (C=O) groups excluding carboxylic acids is 1. The number of esters is 1. The van der Waals surface area contributed by atoms with Crippen LogP contribution in [0.25, 0.3) is 0 Å². The highest BCUT2D eigenvalue weighted by molar-refractivity contribution is 7.90. The summed E-state index contributed by atoms with van der Waals surface area (Å²) in [6.07, 6.45) is 0. The Bertz CT molecular complexity index is 1080. The molecule has 0 radical (unpaired) electrons. The number of halogens is 1. The van der Waals surface area contributed by atoms with Crippen LogP contribution in [0, 0.1) is 0 Å². The molecule has 1 aromatic heterocycles. The highest BCUT2D eigenvalue weighted by Gasteiger charge is 2.23. The lowest BCUT2D eigenvalue weighted by molar-refractivity contribution is 0.0727. The Hall–Kier alpha value is -3.04. The first-order valence-corrected chi connectivity index (χ1v) is 9.36. The number of rotatable bonds is 5. The second kappa shape index (κ2) is 7.29. The molecule has 140 valence electrons. The first-order valence-electron chi connectivity index (χ1n) is 7.54. The smallest absolute Gasteiger partial charge is 0.344 e. The molecule has 10 heteroatoms. The Morgan fingerprint density at radius 3 is 2.33 bits per heavy atom. The molecule has 0 amide bonds. The topological polar surface area (TPSA) is 114 Å². The fourth-order valence-corrected chi connectivity index (χ4v) is 3.51. The molecule has 0 aliphatic rings. The number of carbonyl (C=O) groups is 1. The standard InChI is InChI=1S/C17H14ClN3O5S/c1-25-13-6-2-11(3-7-13)17(22)26-16-10-15(19)21(20-16)27(23,24)14-8-4-12(18)5-9-14/h2-10H,19H2,1H3. The maximum atomic E-state index is 12.6. The molecule has 27 heavy (non-hydrogen) atoms. The largest absolute Gasteiger partial charge is 0.497 e. The maximum absolute atomic E-state index is 12.6. The first-order chi connectivity index (χ1) is 12.8. The predicted octanol–water partition coefficient (Wildman–Crippen LogP) is 2.58. The summed E-state index contributed by atoms with van der Waals surface area (Å²) in [6, 6.07) is 12.8. The molecule has 0 bridgehead atoms. The molecule has 0 fully saturated rings. The monoisotopic (exact) mass is 407 g/mol. The van der Waals surface area contributed by atoms with Gasteiger partial charge in [-0.25, -0.2) is 4.79 Å². The van der Waals surface area contributed by atoms with E-state index in [2.05, 4.69) is 5.10 Å². The minimum Gasteiger partial charge on any atom is -0.497 e. The van der Waals surface area contributed by atoms with Gasteiger partial charge in [-0.2, -0.15) is 8.42 Å². The summed E-state index contributed by atoms with van der Waals surface area (Å²) in [5.41, 5.74) is 5.97. The lowest BCUT2D eigenvalue weighted by Crippen LogP contribution is -2.17. The van der Waals surface area contributed by atoms with E-state index in [0.29, 0.717) is 14.9 Å². The number of aromatic nitrogens is 2. The lowest BCUT2D eigenvalue weighted by atomic mass is 10.2. The Labute approximate surface area is 160 Å². The Kier molecular flexibility index (Phi) is 5.06. The van der Waals surface area contributed by atoms with Crippen molar-refractivity contribution in [3.63, 3.8) is 0 Å². The molecule has 1 heterocycles. The fraction of sp³-hybridized carbons (Fsp3) is 0.0588. The van der Waals surface area contributed by atoms with Crippen LogP contribution in [0.3, 0.4) is 0 Å². The summed E-state index contributed by atoms with van der Waals surface area (Å²) in [7, 11) is -2.56. The third-order valence-electron chi connectivity index (χ3n) is 3.54. The van der Waals surface area contributed by atoms with Crippen molar-refractivity contribution in [2.75, 3.05) is 12.8 Å². The second-order valence-corrected chi connectivity index (χ2v) is 7.53. The van der Waals surface area contributed by atoms with Gasteiger partial charge in [0, 0.05) is 11.1 Å². The summed E-state index contributed by atoms with van der Waals surface area (Å²) in [6.45, 7) is 0. The number of hydrogen-bond acceptors (Lipinski definition) is 7. The average molecular weight is 408 g/mol. The van der Waals surface area contributed by atoms with Gasteiger partial charge in [-0.1, -0.05) is 11.6 Å². The van der Waals surface area contributed by atoms with Crippen LogP contribution in [-0.4, -0.2) is 30.7 Å². The number of anilines is 1. The predicted molar refractivity (Wildman–Crippen MR) is 98.6 cm³/mol. The number of nitrogens with two attached hydrogens (primary N) is 1. The average Bonchev–Trinajstić information content (AvgIpc) is 3.03. The summed E-state index contributed by atoms with van der Waals surface area (Å²) >= 11 is 5.77. The van der Waals surface area contributed by atoms with Crippen molar-refractivity contribution in [2.45, 2.75) is 4.90 Å². The van der Waals surface area contributed by atoms with Gasteiger partial charge >= 0.3 is 5.97 Å². The van der Waals surface area contributed by atoms with E-state index >= 15 is 0 Å². The van der Waals surface area contributed by atoms with E-state index in [0.717, 1.165) is 6.07 Å². The van der Waals surface area contributed by atoms with Crippen molar-refractivity contribution in [1.29, 1.82) is 0 Å². The first kappa shape index (κ1) is 18.7. The summed E-state index contributed by atoms with van der Waals surface area (Å²) in [5, 5.41) is 4.17. The molecule has 3 rings (SSSR count). The lowest BCUT2D eigenvalue weighted by Gasteiger charge is -2.06. The van der Waals surface area contributed by atoms with Gasteiger partial charge < -0.3 is 15.2 Å². The van der Waals surface area contributed by atoms with Crippen LogP contribution in [0.5, 0.6) is 11.6 Å². The minimum atomic E-state index is -4.06. The van der Waals surface area contributed by atoms with Gasteiger partial charge in [0.25, 0.3) is 10.0 Å². The molecule has 3 aromatic rings. The quantitative estimate of drug-likeness (QED) is 0.646. The van der Waals surface area contributed by atoms with Crippen LogP contribution in [0.1, 0.15) is 10.4 Å². The van der Waals surface area contributed by atoms with Crippen molar-refractivity contribution in [2.24, 2.45) is 0 Å². The zero-order chi connectivity index (χ0) is 19.6. The van der Waals surface area contributed by atoms with Crippen LogP contribution in [0.4, 0.5) is 5.82 Å². The van der Waals surface area contributed by atoms with E-state index < -0.39 is 16.0 Å². The minimum absolute atomic E-state index is 0.0604. The Morgan fingerprint density at radius 2 is 1.74 bits per heavy atom. The third-order valence-corrected chi connectivity index (χ3v) is 5.41. The Balaban J connectivity index is 1.85. The van der Waals surface area contributed by atoms with Crippen LogP contribution < -0.4 is 15.2 Å². The van der Waals surface area contributed by atoms with E-state index in [-0.39, 0.29) is 22.2 Å². The molecule has 0 saturated heterocycles. The molecule has 2 aromatic carbocycles. The number of ether oxygens (including phenoxy) is 2. The van der Waals surface area contributed by atoms with Crippen molar-refractivity contribution in [3.05, 3.63) is 65.2 Å². The number of nitrogen functional groups attached to an aromatic ring is 1. The molecule has 0 spiro atoms. The fourth-order valence-electron chi connectivity index (χ4n) is 2.19. The molecule has 0 aliphatic heterocycles. The van der Waals surface area contributed by atoms with E-state index in [1.807, 2.05) is 0 Å². The van der Waals surface area contributed by atoms with Gasteiger partial charge in [-0.15, -0.1) is 9.19 Å². The molecule has 0 unspecified atom stereocenters. The maximum Gasteiger partial charge on any atom is 0.344 e. The SMILES string of the molecule is COc1ccc(C(=O)Oc2cc(N)n(S(=O)(=O)c3ccc(Cl)cc3)n2)cc1. The third kappa shape index (κ3) is 3.88. The highest BCUT2D eigenvalue weighted by Crippen LogP contribution is 2.23. The summed E-state index contributed by atoms with van der Waals surface area (Å²) in [4.78, 5) is 12.1. The van der Waals surface area contributed by atoms with Crippen molar-refractivity contribution >= 4 is 33.4 Å². The van der Waals surface area contributed by atoms with Crippen molar-refractivity contribution in [3.8, 4) is 11.6 Å². The number of hydrogen-bond donors (Lipinski definition) is 1. The Morgan fingerprint density at radius 1 is 1.11 bits per heavy atom. The highest BCUT2D eigenvalue weighted by atomic mass is 35.5. The van der Waals surface area contributed by atoms with Crippen molar-refractivity contribution < 1.29 is 22.7 Å². The molecule has 8 nitrogen and oxygen atoms in total. The molecular formula is C17H14ClN3O5S. The van der Waals surface area contributed by atoms with Crippen LogP contribution in [-0.2, 0) is 10.0 Å².